The predicted molar refractivity (Wildman–Crippen MR) is 87.3 cm³/mol. The molecule has 0 saturated carbocycles. The molecule has 7 heteroatoms. The molecule has 1 unspecified atom stereocenters. The van der Waals surface area contributed by atoms with E-state index in [4.69, 9.17) is 8.92 Å². The molecular formula is C16H19NO5S. The van der Waals surface area contributed by atoms with Crippen LogP contribution in [-0.2, 0) is 27.8 Å². The topological polar surface area (TPSA) is 74.6 Å². The van der Waals surface area contributed by atoms with Crippen molar-refractivity contribution in [2.24, 2.45) is 7.05 Å². The minimum atomic E-state index is -3.63. The first-order valence-electron chi connectivity index (χ1n) is 7.28. The van der Waals surface area contributed by atoms with E-state index in [1.807, 2.05) is 24.3 Å². The molecule has 0 saturated heterocycles. The minimum absolute atomic E-state index is 0.128. The number of aromatic nitrogens is 1. The van der Waals surface area contributed by atoms with Crippen LogP contribution in [0.4, 0.5) is 0 Å². The predicted octanol–water partition coefficient (Wildman–Crippen LogP) is 1.60. The number of para-hydroxylation sites is 1. The Morgan fingerprint density at radius 3 is 2.61 bits per heavy atom. The molecule has 0 aliphatic carbocycles. The maximum absolute atomic E-state index is 12.6. The zero-order valence-electron chi connectivity index (χ0n) is 13.5. The Balaban J connectivity index is 2.10. The van der Waals surface area contributed by atoms with E-state index in [-0.39, 0.29) is 5.56 Å². The first-order chi connectivity index (χ1) is 10.6. The van der Waals surface area contributed by atoms with Crippen molar-refractivity contribution in [3.8, 4) is 5.75 Å². The maximum atomic E-state index is 12.6. The number of pyridine rings is 1. The van der Waals surface area contributed by atoms with Gasteiger partial charge in [0.25, 0.3) is 15.7 Å². The van der Waals surface area contributed by atoms with Crippen molar-refractivity contribution in [3.05, 3.63) is 40.2 Å². The summed E-state index contributed by atoms with van der Waals surface area (Å²) in [5, 5.41) is 0.835. The van der Waals surface area contributed by atoms with Gasteiger partial charge in [0.05, 0.1) is 17.3 Å². The average molecular weight is 337 g/mol. The number of rotatable bonds is 3. The van der Waals surface area contributed by atoms with E-state index in [1.54, 1.807) is 25.5 Å². The molecule has 0 radical (unpaired) electrons. The largest absolute Gasteiger partial charge is 0.486 e. The summed E-state index contributed by atoms with van der Waals surface area (Å²) in [4.78, 5) is 12.6. The second kappa shape index (κ2) is 5.07. The molecule has 3 rings (SSSR count). The Kier molecular flexibility index (Phi) is 3.53. The lowest BCUT2D eigenvalue weighted by atomic mass is 9.97. The molecule has 0 fully saturated rings. The lowest BCUT2D eigenvalue weighted by molar-refractivity contribution is 0.00455. The molecule has 1 atom stereocenters. The summed E-state index contributed by atoms with van der Waals surface area (Å²) in [6.45, 7) is 3.30. The van der Waals surface area contributed by atoms with Crippen molar-refractivity contribution < 1.29 is 17.3 Å². The van der Waals surface area contributed by atoms with Gasteiger partial charge in [-0.25, -0.2) is 0 Å². The number of aryl methyl sites for hydroxylation is 1. The van der Waals surface area contributed by atoms with E-state index < -0.39 is 21.8 Å². The molecule has 0 spiro atoms. The minimum Gasteiger partial charge on any atom is -0.486 e. The lowest BCUT2D eigenvalue weighted by Crippen LogP contribution is -2.43. The highest BCUT2D eigenvalue weighted by atomic mass is 32.2. The average Bonchev–Trinajstić information content (AvgIpc) is 2.88. The van der Waals surface area contributed by atoms with Crippen molar-refractivity contribution in [1.82, 2.24) is 4.57 Å². The zero-order valence-corrected chi connectivity index (χ0v) is 14.3. The number of hydrogen-bond donors (Lipinski definition) is 0. The van der Waals surface area contributed by atoms with Gasteiger partial charge in [-0.2, -0.15) is 8.42 Å². The van der Waals surface area contributed by atoms with E-state index in [9.17, 15) is 13.2 Å². The fourth-order valence-electron chi connectivity index (χ4n) is 3.05. The molecule has 1 aromatic carbocycles. The summed E-state index contributed by atoms with van der Waals surface area (Å²) in [6.07, 6.45) is 0.770. The van der Waals surface area contributed by atoms with Crippen molar-refractivity contribution in [1.29, 1.82) is 0 Å². The Hall–Kier alpha value is -1.86. The van der Waals surface area contributed by atoms with Crippen LogP contribution in [-0.4, -0.2) is 30.9 Å². The van der Waals surface area contributed by atoms with E-state index in [2.05, 4.69) is 0 Å². The highest BCUT2D eigenvalue weighted by Crippen LogP contribution is 2.38. The number of benzene rings is 1. The van der Waals surface area contributed by atoms with Gasteiger partial charge in [0.2, 0.25) is 0 Å². The van der Waals surface area contributed by atoms with Crippen LogP contribution in [0.25, 0.3) is 10.9 Å². The maximum Gasteiger partial charge on any atom is 0.265 e. The summed E-state index contributed by atoms with van der Waals surface area (Å²) in [5.41, 5.74) is 0.134. The summed E-state index contributed by atoms with van der Waals surface area (Å²) >= 11 is 0. The third kappa shape index (κ3) is 2.74. The fourth-order valence-corrected chi connectivity index (χ4v) is 3.93. The summed E-state index contributed by atoms with van der Waals surface area (Å²) < 4.78 is 35.6. The van der Waals surface area contributed by atoms with Gasteiger partial charge in [-0.05, 0) is 26.0 Å². The Labute approximate surface area is 134 Å². The number of nitrogens with zero attached hydrogens (tertiary/aromatic N) is 1. The van der Waals surface area contributed by atoms with Crippen molar-refractivity contribution in [3.63, 3.8) is 0 Å². The Bertz CT molecular complexity index is 943. The highest BCUT2D eigenvalue weighted by Gasteiger charge is 2.42. The number of hydrogen-bond acceptors (Lipinski definition) is 5. The standard InChI is InChI=1S/C16H19NO5S/c1-16(2,22-23(4,19)20)13-9-11-14(21-13)10-7-5-6-8-12(10)17(3)15(11)18/h5-8,13H,9H2,1-4H3. The molecule has 6 nitrogen and oxygen atoms in total. The van der Waals surface area contributed by atoms with E-state index in [1.165, 1.54) is 0 Å². The van der Waals surface area contributed by atoms with Crippen LogP contribution >= 0.6 is 0 Å². The van der Waals surface area contributed by atoms with Gasteiger partial charge < -0.3 is 9.30 Å². The summed E-state index contributed by atoms with van der Waals surface area (Å²) in [5.74, 6) is 0.527. The molecule has 1 aliphatic rings. The summed E-state index contributed by atoms with van der Waals surface area (Å²) in [6, 6.07) is 7.48. The SMILES string of the molecule is Cn1c(=O)c2c(c3ccccc31)OC(C(C)(C)OS(C)(=O)=O)C2. The smallest absolute Gasteiger partial charge is 0.265 e. The van der Waals surface area contributed by atoms with Crippen LogP contribution in [0.1, 0.15) is 19.4 Å². The van der Waals surface area contributed by atoms with Gasteiger partial charge >= 0.3 is 0 Å². The van der Waals surface area contributed by atoms with Crippen LogP contribution in [0, 0.1) is 0 Å². The molecule has 0 amide bonds. The van der Waals surface area contributed by atoms with Crippen LogP contribution in [0.15, 0.2) is 29.1 Å². The van der Waals surface area contributed by atoms with E-state index in [0.717, 1.165) is 17.2 Å². The highest BCUT2D eigenvalue weighted by molar-refractivity contribution is 7.86. The fraction of sp³-hybridized carbons (Fsp3) is 0.438. The number of fused-ring (bicyclic) bond motifs is 3. The molecule has 0 bridgehead atoms. The summed E-state index contributed by atoms with van der Waals surface area (Å²) in [7, 11) is -1.91. The zero-order chi connectivity index (χ0) is 17.0. The molecule has 0 N–H and O–H groups in total. The molecule has 2 heterocycles. The molecule has 2 aromatic rings. The van der Waals surface area contributed by atoms with Crippen molar-refractivity contribution >= 4 is 21.0 Å². The molecule has 1 aliphatic heterocycles. The third-order valence-corrected chi connectivity index (χ3v) is 4.87. The quantitative estimate of drug-likeness (QED) is 0.795. The molecule has 124 valence electrons. The first kappa shape index (κ1) is 16.0. The van der Waals surface area contributed by atoms with Crippen LogP contribution in [0.2, 0.25) is 0 Å². The van der Waals surface area contributed by atoms with Crippen LogP contribution < -0.4 is 10.3 Å². The normalized spacial score (nSPS) is 18.0. The van der Waals surface area contributed by atoms with Crippen molar-refractivity contribution in [2.45, 2.75) is 32.0 Å². The van der Waals surface area contributed by atoms with Gasteiger partial charge in [-0.15, -0.1) is 0 Å². The Morgan fingerprint density at radius 2 is 1.96 bits per heavy atom. The second-order valence-corrected chi connectivity index (χ2v) is 7.97. The van der Waals surface area contributed by atoms with Gasteiger partial charge in [0.1, 0.15) is 17.5 Å². The molecule has 23 heavy (non-hydrogen) atoms. The van der Waals surface area contributed by atoms with Gasteiger partial charge in [-0.3, -0.25) is 8.98 Å². The van der Waals surface area contributed by atoms with Crippen LogP contribution in [0.5, 0.6) is 5.75 Å². The first-order valence-corrected chi connectivity index (χ1v) is 9.10. The Morgan fingerprint density at radius 1 is 1.30 bits per heavy atom. The second-order valence-electron chi connectivity index (χ2n) is 6.39. The van der Waals surface area contributed by atoms with Crippen molar-refractivity contribution in [2.75, 3.05) is 6.26 Å². The number of ether oxygens (including phenoxy) is 1. The lowest BCUT2D eigenvalue weighted by Gasteiger charge is -2.29. The van der Waals surface area contributed by atoms with Gasteiger partial charge in [0, 0.05) is 18.9 Å². The molecule has 1 aromatic heterocycles. The van der Waals surface area contributed by atoms with E-state index in [0.29, 0.717) is 17.7 Å². The van der Waals surface area contributed by atoms with E-state index >= 15 is 0 Å². The third-order valence-electron chi connectivity index (χ3n) is 4.14. The monoisotopic (exact) mass is 337 g/mol. The molecular weight excluding hydrogens is 318 g/mol. The van der Waals surface area contributed by atoms with Gasteiger partial charge in [-0.1, -0.05) is 12.1 Å². The van der Waals surface area contributed by atoms with Crippen LogP contribution in [0.3, 0.4) is 0 Å². The van der Waals surface area contributed by atoms with Gasteiger partial charge in [0.15, 0.2) is 0 Å².